The Morgan fingerprint density at radius 2 is 1.72 bits per heavy atom. The van der Waals surface area contributed by atoms with Crippen LogP contribution in [0.2, 0.25) is 0 Å². The Kier molecular flexibility index (Phi) is 6.79. The number of rotatable bonds is 5. The van der Waals surface area contributed by atoms with E-state index in [2.05, 4.69) is 10.0 Å². The SMILES string of the molecule is CC(C)S(=O)(=O)NC1CCN(C(=O)Nc2ccc(N3CCCCC3=O)cc2)CC1. The molecule has 0 saturated carbocycles. The molecule has 0 atom stereocenters. The molecule has 0 aliphatic carbocycles. The third kappa shape index (κ3) is 5.48. The van der Waals surface area contributed by atoms with Crippen LogP contribution >= 0.6 is 0 Å². The van der Waals surface area contributed by atoms with Crippen molar-refractivity contribution in [2.45, 2.75) is 57.2 Å². The van der Waals surface area contributed by atoms with Crippen LogP contribution < -0.4 is 14.9 Å². The number of anilines is 2. The number of hydrogen-bond donors (Lipinski definition) is 2. The molecule has 0 spiro atoms. The summed E-state index contributed by atoms with van der Waals surface area (Å²) in [5.41, 5.74) is 1.52. The van der Waals surface area contributed by atoms with Gasteiger partial charge in [-0.3, -0.25) is 4.79 Å². The maximum absolute atomic E-state index is 12.5. The highest BCUT2D eigenvalue weighted by Gasteiger charge is 2.27. The van der Waals surface area contributed by atoms with Crippen molar-refractivity contribution in [2.24, 2.45) is 0 Å². The number of hydrogen-bond acceptors (Lipinski definition) is 4. The number of urea groups is 1. The highest BCUT2D eigenvalue weighted by Crippen LogP contribution is 2.23. The van der Waals surface area contributed by atoms with Crippen LogP contribution in [0, 0.1) is 0 Å². The van der Waals surface area contributed by atoms with E-state index in [4.69, 9.17) is 0 Å². The largest absolute Gasteiger partial charge is 0.324 e. The first kappa shape index (κ1) is 21.6. The maximum Gasteiger partial charge on any atom is 0.321 e. The van der Waals surface area contributed by atoms with E-state index >= 15 is 0 Å². The van der Waals surface area contributed by atoms with Gasteiger partial charge in [0.1, 0.15) is 0 Å². The first-order valence-corrected chi connectivity index (χ1v) is 11.8. The van der Waals surface area contributed by atoms with E-state index in [9.17, 15) is 18.0 Å². The minimum atomic E-state index is -3.30. The van der Waals surface area contributed by atoms with Crippen molar-refractivity contribution in [1.29, 1.82) is 0 Å². The smallest absolute Gasteiger partial charge is 0.321 e. The number of carbonyl (C=O) groups is 2. The number of sulfonamides is 1. The number of amides is 3. The molecule has 2 saturated heterocycles. The average molecular weight is 423 g/mol. The van der Waals surface area contributed by atoms with Gasteiger partial charge in [-0.05, 0) is 63.8 Å². The Balaban J connectivity index is 1.50. The monoisotopic (exact) mass is 422 g/mol. The number of likely N-dealkylation sites (tertiary alicyclic amines) is 1. The topological polar surface area (TPSA) is 98.8 Å². The van der Waals surface area contributed by atoms with Gasteiger partial charge < -0.3 is 15.1 Å². The van der Waals surface area contributed by atoms with Crippen molar-refractivity contribution in [3.8, 4) is 0 Å². The summed E-state index contributed by atoms with van der Waals surface area (Å²) in [6, 6.07) is 6.99. The molecule has 8 nitrogen and oxygen atoms in total. The Bertz CT molecular complexity index is 831. The van der Waals surface area contributed by atoms with Gasteiger partial charge in [0.2, 0.25) is 15.9 Å². The van der Waals surface area contributed by atoms with Gasteiger partial charge in [-0.15, -0.1) is 0 Å². The summed E-state index contributed by atoms with van der Waals surface area (Å²) < 4.78 is 26.7. The molecular formula is C20H30N4O4S. The zero-order chi connectivity index (χ0) is 21.0. The van der Waals surface area contributed by atoms with Crippen LogP contribution in [0.4, 0.5) is 16.2 Å². The minimum absolute atomic E-state index is 0.132. The van der Waals surface area contributed by atoms with E-state index in [0.717, 1.165) is 25.1 Å². The van der Waals surface area contributed by atoms with Gasteiger partial charge in [-0.2, -0.15) is 0 Å². The van der Waals surface area contributed by atoms with Gasteiger partial charge in [-0.1, -0.05) is 0 Å². The summed E-state index contributed by atoms with van der Waals surface area (Å²) in [6.45, 7) is 5.03. The number of nitrogens with zero attached hydrogens (tertiary/aromatic N) is 2. The van der Waals surface area contributed by atoms with E-state index in [1.807, 2.05) is 12.1 Å². The highest BCUT2D eigenvalue weighted by molar-refractivity contribution is 7.90. The highest BCUT2D eigenvalue weighted by atomic mass is 32.2. The summed E-state index contributed by atoms with van der Waals surface area (Å²) in [5.74, 6) is 0.143. The number of benzene rings is 1. The fraction of sp³-hybridized carbons (Fsp3) is 0.600. The molecular weight excluding hydrogens is 392 g/mol. The van der Waals surface area contributed by atoms with Crippen LogP contribution in [-0.4, -0.2) is 56.2 Å². The zero-order valence-corrected chi connectivity index (χ0v) is 17.9. The van der Waals surface area contributed by atoms with Gasteiger partial charge in [0.15, 0.2) is 0 Å². The van der Waals surface area contributed by atoms with Crippen LogP contribution in [0.5, 0.6) is 0 Å². The van der Waals surface area contributed by atoms with Crippen molar-refractivity contribution < 1.29 is 18.0 Å². The van der Waals surface area contributed by atoms with Crippen LogP contribution in [0.3, 0.4) is 0 Å². The molecule has 3 rings (SSSR count). The lowest BCUT2D eigenvalue weighted by molar-refractivity contribution is -0.119. The molecule has 1 aromatic carbocycles. The van der Waals surface area contributed by atoms with E-state index in [-0.39, 0.29) is 18.0 Å². The van der Waals surface area contributed by atoms with Crippen LogP contribution in [-0.2, 0) is 14.8 Å². The second-order valence-corrected chi connectivity index (χ2v) is 10.2. The summed E-state index contributed by atoms with van der Waals surface area (Å²) in [5, 5.41) is 2.41. The second-order valence-electron chi connectivity index (χ2n) is 7.95. The molecule has 2 aliphatic heterocycles. The molecule has 160 valence electrons. The van der Waals surface area contributed by atoms with Crippen LogP contribution in [0.15, 0.2) is 24.3 Å². The fourth-order valence-electron chi connectivity index (χ4n) is 3.57. The predicted octanol–water partition coefficient (Wildman–Crippen LogP) is 2.53. The van der Waals surface area contributed by atoms with Crippen molar-refractivity contribution in [3.05, 3.63) is 24.3 Å². The van der Waals surface area contributed by atoms with Crippen molar-refractivity contribution in [3.63, 3.8) is 0 Å². The maximum atomic E-state index is 12.5. The third-order valence-corrected chi connectivity index (χ3v) is 7.39. The molecule has 0 radical (unpaired) electrons. The van der Waals surface area contributed by atoms with Crippen molar-refractivity contribution >= 4 is 33.3 Å². The van der Waals surface area contributed by atoms with E-state index < -0.39 is 15.3 Å². The first-order chi connectivity index (χ1) is 13.8. The second kappa shape index (κ2) is 9.13. The Morgan fingerprint density at radius 1 is 1.07 bits per heavy atom. The first-order valence-electron chi connectivity index (χ1n) is 10.2. The Morgan fingerprint density at radius 3 is 2.31 bits per heavy atom. The summed E-state index contributed by atoms with van der Waals surface area (Å²) in [4.78, 5) is 28.0. The summed E-state index contributed by atoms with van der Waals surface area (Å²) >= 11 is 0. The van der Waals surface area contributed by atoms with Crippen LogP contribution in [0.25, 0.3) is 0 Å². The molecule has 2 N–H and O–H groups in total. The molecule has 1 aromatic rings. The van der Waals surface area contributed by atoms with E-state index in [1.165, 1.54) is 0 Å². The van der Waals surface area contributed by atoms with Gasteiger partial charge in [0.05, 0.1) is 5.25 Å². The van der Waals surface area contributed by atoms with Gasteiger partial charge in [-0.25, -0.2) is 17.9 Å². The number of nitrogens with one attached hydrogen (secondary N) is 2. The van der Waals surface area contributed by atoms with Crippen molar-refractivity contribution in [2.75, 3.05) is 29.9 Å². The van der Waals surface area contributed by atoms with Gasteiger partial charge >= 0.3 is 6.03 Å². The molecule has 2 aliphatic rings. The lowest BCUT2D eigenvalue weighted by Gasteiger charge is -2.32. The predicted molar refractivity (Wildman–Crippen MR) is 113 cm³/mol. The molecule has 29 heavy (non-hydrogen) atoms. The summed E-state index contributed by atoms with van der Waals surface area (Å²) in [7, 11) is -3.30. The molecule has 9 heteroatoms. The molecule has 2 fully saturated rings. The van der Waals surface area contributed by atoms with Gasteiger partial charge in [0, 0.05) is 43.5 Å². The lowest BCUT2D eigenvalue weighted by Crippen LogP contribution is -2.48. The Labute approximate surface area is 172 Å². The molecule has 0 unspecified atom stereocenters. The normalized spacial score (nSPS) is 18.9. The quantitative estimate of drug-likeness (QED) is 0.762. The molecule has 2 heterocycles. The van der Waals surface area contributed by atoms with Crippen molar-refractivity contribution in [1.82, 2.24) is 9.62 Å². The standard InChI is InChI=1S/C20H30N4O4S/c1-15(2)29(27,28)22-17-10-13-23(14-11-17)20(26)21-16-6-8-18(9-7-16)24-12-4-3-5-19(24)25/h6-9,15,17,22H,3-5,10-14H2,1-2H3,(H,21,26). The minimum Gasteiger partial charge on any atom is -0.324 e. The zero-order valence-electron chi connectivity index (χ0n) is 17.1. The average Bonchev–Trinajstić information content (AvgIpc) is 2.69. The summed E-state index contributed by atoms with van der Waals surface area (Å²) in [6.07, 6.45) is 3.72. The third-order valence-electron chi connectivity index (χ3n) is 5.49. The molecule has 0 bridgehead atoms. The van der Waals surface area contributed by atoms with Crippen LogP contribution in [0.1, 0.15) is 46.0 Å². The number of carbonyl (C=O) groups excluding carboxylic acids is 2. The molecule has 3 amide bonds. The van der Waals surface area contributed by atoms with E-state index in [1.54, 1.807) is 35.8 Å². The lowest BCUT2D eigenvalue weighted by atomic mass is 10.1. The fourth-order valence-corrected chi connectivity index (χ4v) is 4.55. The number of piperidine rings is 2. The van der Waals surface area contributed by atoms with Gasteiger partial charge in [0.25, 0.3) is 0 Å². The molecule has 0 aromatic heterocycles. The Hall–Kier alpha value is -2.13. The van der Waals surface area contributed by atoms with E-state index in [0.29, 0.717) is 38.0 Å².